The van der Waals surface area contributed by atoms with Crippen LogP contribution in [0.1, 0.15) is 5.56 Å². The van der Waals surface area contributed by atoms with Gasteiger partial charge in [-0.15, -0.1) is 0 Å². The van der Waals surface area contributed by atoms with Crippen molar-refractivity contribution in [2.75, 3.05) is 0 Å². The van der Waals surface area contributed by atoms with Gasteiger partial charge in [0.25, 0.3) is 0 Å². The zero-order chi connectivity index (χ0) is 9.14. The predicted octanol–water partition coefficient (Wildman–Crippen LogP) is 1.42. The molecule has 0 aromatic carbocycles. The van der Waals surface area contributed by atoms with Crippen molar-refractivity contribution in [1.82, 2.24) is 4.57 Å². The number of aromatic nitrogens is 1. The van der Waals surface area contributed by atoms with E-state index in [1.54, 1.807) is 30.1 Å². The van der Waals surface area contributed by atoms with E-state index in [0.717, 1.165) is 6.08 Å². The van der Waals surface area contributed by atoms with Gasteiger partial charge in [0.05, 0.1) is 0 Å². The number of halogens is 1. The number of carboxylic acids is 1. The van der Waals surface area contributed by atoms with E-state index in [0.29, 0.717) is 5.56 Å². The normalized spacial score (nSPS) is 11.7. The molecule has 0 bridgehead atoms. The Hall–Kier alpha value is -1.58. The van der Waals surface area contributed by atoms with Gasteiger partial charge in [-0.1, -0.05) is 0 Å². The van der Waals surface area contributed by atoms with Crippen LogP contribution in [0, 0.1) is 0 Å². The molecule has 0 unspecified atom stereocenters. The van der Waals surface area contributed by atoms with Gasteiger partial charge >= 0.3 is 5.97 Å². The molecular formula is C8H8FNO2. The molecule has 0 atom stereocenters. The van der Waals surface area contributed by atoms with E-state index in [1.165, 1.54) is 0 Å². The molecule has 64 valence electrons. The smallest absolute Gasteiger partial charge is 0.364 e. The summed E-state index contributed by atoms with van der Waals surface area (Å²) < 4.78 is 14.2. The minimum absolute atomic E-state index is 0.539. The fourth-order valence-corrected chi connectivity index (χ4v) is 0.818. The van der Waals surface area contributed by atoms with Crippen LogP contribution in [0.15, 0.2) is 24.3 Å². The minimum Gasteiger partial charge on any atom is -0.476 e. The Morgan fingerprint density at radius 1 is 1.75 bits per heavy atom. The topological polar surface area (TPSA) is 42.2 Å². The Labute approximate surface area is 68.7 Å². The predicted molar refractivity (Wildman–Crippen MR) is 42.1 cm³/mol. The van der Waals surface area contributed by atoms with Crippen molar-refractivity contribution >= 4 is 12.0 Å². The molecule has 0 radical (unpaired) electrons. The maximum atomic E-state index is 12.5. The lowest BCUT2D eigenvalue weighted by Gasteiger charge is -1.87. The number of aryl methyl sites for hydroxylation is 1. The van der Waals surface area contributed by atoms with Crippen molar-refractivity contribution in [3.63, 3.8) is 0 Å². The third kappa shape index (κ3) is 1.95. The molecule has 4 heteroatoms. The molecule has 0 amide bonds. The second-order valence-electron chi connectivity index (χ2n) is 2.41. The van der Waals surface area contributed by atoms with Gasteiger partial charge in [-0.05, 0) is 17.7 Å². The molecule has 1 rings (SSSR count). The standard InChI is InChI=1S/C8H8FNO2/c1-10-3-2-6(5-10)4-7(9)8(11)12/h2-5H,1H3,(H,11,12)/b7-4+. The van der Waals surface area contributed by atoms with Gasteiger partial charge in [0.1, 0.15) is 0 Å². The Bertz CT molecular complexity index is 328. The van der Waals surface area contributed by atoms with Gasteiger partial charge in [-0.3, -0.25) is 0 Å². The average Bonchev–Trinajstić information content (AvgIpc) is 2.35. The minimum atomic E-state index is -1.54. The molecule has 12 heavy (non-hydrogen) atoms. The first-order valence-electron chi connectivity index (χ1n) is 3.32. The molecule has 0 fully saturated rings. The molecule has 0 aliphatic heterocycles. The van der Waals surface area contributed by atoms with E-state index in [1.807, 2.05) is 0 Å². The van der Waals surface area contributed by atoms with Crippen LogP contribution in [0.5, 0.6) is 0 Å². The van der Waals surface area contributed by atoms with Crippen LogP contribution in [-0.4, -0.2) is 15.6 Å². The number of hydrogen-bond acceptors (Lipinski definition) is 1. The summed E-state index contributed by atoms with van der Waals surface area (Å²) in [5.74, 6) is -2.69. The highest BCUT2D eigenvalue weighted by Gasteiger charge is 2.04. The molecule has 1 heterocycles. The number of rotatable bonds is 2. The van der Waals surface area contributed by atoms with Gasteiger partial charge in [-0.25, -0.2) is 4.79 Å². The molecular weight excluding hydrogens is 161 g/mol. The Morgan fingerprint density at radius 3 is 2.83 bits per heavy atom. The summed E-state index contributed by atoms with van der Waals surface area (Å²) in [4.78, 5) is 10.1. The second kappa shape index (κ2) is 3.21. The van der Waals surface area contributed by atoms with E-state index in [4.69, 9.17) is 5.11 Å². The lowest BCUT2D eigenvalue weighted by atomic mass is 10.3. The molecule has 0 saturated heterocycles. The summed E-state index contributed by atoms with van der Waals surface area (Å²) in [5.41, 5.74) is 0.539. The van der Waals surface area contributed by atoms with Crippen molar-refractivity contribution in [3.05, 3.63) is 29.9 Å². The molecule has 1 N–H and O–H groups in total. The van der Waals surface area contributed by atoms with Crippen LogP contribution < -0.4 is 0 Å². The summed E-state index contributed by atoms with van der Waals surface area (Å²) >= 11 is 0. The molecule has 0 aliphatic carbocycles. The zero-order valence-electron chi connectivity index (χ0n) is 6.49. The van der Waals surface area contributed by atoms with Crippen molar-refractivity contribution in [2.45, 2.75) is 0 Å². The number of hydrogen-bond donors (Lipinski definition) is 1. The Morgan fingerprint density at radius 2 is 2.42 bits per heavy atom. The molecule has 1 aromatic rings. The third-order valence-electron chi connectivity index (χ3n) is 1.35. The van der Waals surface area contributed by atoms with E-state index >= 15 is 0 Å². The molecule has 3 nitrogen and oxygen atoms in total. The molecule has 1 aromatic heterocycles. The SMILES string of the molecule is Cn1ccc(/C=C(/F)C(=O)O)c1. The van der Waals surface area contributed by atoms with Crippen LogP contribution in [-0.2, 0) is 11.8 Å². The summed E-state index contributed by atoms with van der Waals surface area (Å²) in [6.07, 6.45) is 4.31. The number of nitrogens with zero attached hydrogens (tertiary/aromatic N) is 1. The highest BCUT2D eigenvalue weighted by Crippen LogP contribution is 2.07. The number of carboxylic acid groups (broad SMARTS) is 1. The van der Waals surface area contributed by atoms with Crippen LogP contribution in [0.3, 0.4) is 0 Å². The van der Waals surface area contributed by atoms with Crippen molar-refractivity contribution < 1.29 is 14.3 Å². The third-order valence-corrected chi connectivity index (χ3v) is 1.35. The Kier molecular flexibility index (Phi) is 2.28. The van der Waals surface area contributed by atoms with Gasteiger partial charge < -0.3 is 9.67 Å². The number of carbonyl (C=O) groups is 1. The first-order chi connectivity index (χ1) is 5.59. The maximum absolute atomic E-state index is 12.5. The first kappa shape index (κ1) is 8.52. The summed E-state index contributed by atoms with van der Waals surface area (Å²) in [5, 5.41) is 8.20. The van der Waals surface area contributed by atoms with Gasteiger partial charge in [0.2, 0.25) is 5.83 Å². The van der Waals surface area contributed by atoms with E-state index in [2.05, 4.69) is 0 Å². The molecule has 0 aliphatic rings. The van der Waals surface area contributed by atoms with E-state index in [-0.39, 0.29) is 0 Å². The zero-order valence-corrected chi connectivity index (χ0v) is 6.49. The van der Waals surface area contributed by atoms with Crippen LogP contribution in [0.25, 0.3) is 6.08 Å². The maximum Gasteiger partial charge on any atom is 0.364 e. The highest BCUT2D eigenvalue weighted by atomic mass is 19.1. The summed E-state index contributed by atoms with van der Waals surface area (Å²) in [7, 11) is 1.77. The van der Waals surface area contributed by atoms with E-state index in [9.17, 15) is 9.18 Å². The van der Waals surface area contributed by atoms with Gasteiger partial charge in [0.15, 0.2) is 0 Å². The van der Waals surface area contributed by atoms with Crippen LogP contribution in [0.2, 0.25) is 0 Å². The molecule has 0 saturated carbocycles. The van der Waals surface area contributed by atoms with Crippen LogP contribution >= 0.6 is 0 Å². The largest absolute Gasteiger partial charge is 0.476 e. The Balaban J connectivity index is 2.87. The quantitative estimate of drug-likeness (QED) is 0.680. The van der Waals surface area contributed by atoms with E-state index < -0.39 is 11.8 Å². The van der Waals surface area contributed by atoms with Gasteiger partial charge in [0, 0.05) is 19.4 Å². The van der Waals surface area contributed by atoms with Crippen molar-refractivity contribution in [3.8, 4) is 0 Å². The second-order valence-corrected chi connectivity index (χ2v) is 2.41. The molecule has 0 spiro atoms. The first-order valence-corrected chi connectivity index (χ1v) is 3.32. The fourth-order valence-electron chi connectivity index (χ4n) is 0.818. The number of aliphatic carboxylic acids is 1. The lowest BCUT2D eigenvalue weighted by Crippen LogP contribution is -1.93. The summed E-state index contributed by atoms with van der Waals surface area (Å²) in [6.45, 7) is 0. The average molecular weight is 169 g/mol. The lowest BCUT2D eigenvalue weighted by molar-refractivity contribution is -0.134. The van der Waals surface area contributed by atoms with Gasteiger partial charge in [-0.2, -0.15) is 4.39 Å². The van der Waals surface area contributed by atoms with Crippen molar-refractivity contribution in [1.29, 1.82) is 0 Å². The van der Waals surface area contributed by atoms with Crippen LogP contribution in [0.4, 0.5) is 4.39 Å². The monoisotopic (exact) mass is 169 g/mol. The summed E-state index contributed by atoms with van der Waals surface area (Å²) in [6, 6.07) is 1.63. The fraction of sp³-hybridized carbons (Fsp3) is 0.125. The van der Waals surface area contributed by atoms with Crippen molar-refractivity contribution in [2.24, 2.45) is 7.05 Å². The highest BCUT2D eigenvalue weighted by molar-refractivity contribution is 5.89.